The average Bonchev–Trinajstić information content (AvgIpc) is 2.82. The second-order valence-corrected chi connectivity index (χ2v) is 8.23. The molecule has 1 aromatic carbocycles. The van der Waals surface area contributed by atoms with Gasteiger partial charge >= 0.3 is 6.03 Å². The lowest BCUT2D eigenvalue weighted by atomic mass is 9.85. The molecule has 28 heavy (non-hydrogen) atoms. The van der Waals surface area contributed by atoms with E-state index in [1.807, 2.05) is 20.8 Å². The maximum atomic E-state index is 12.4. The molecule has 0 atom stereocenters. The Morgan fingerprint density at radius 1 is 1.18 bits per heavy atom. The normalized spacial score (nSPS) is 15.9. The molecule has 7 heteroatoms. The summed E-state index contributed by atoms with van der Waals surface area (Å²) in [7, 11) is 0. The number of nitrogens with zero attached hydrogens (tertiary/aromatic N) is 3. The molecule has 0 saturated carbocycles. The molecule has 1 fully saturated rings. The molecule has 0 radical (unpaired) electrons. The van der Waals surface area contributed by atoms with Crippen LogP contribution in [0.1, 0.15) is 45.7 Å². The van der Waals surface area contributed by atoms with Gasteiger partial charge in [-0.15, -0.1) is 0 Å². The van der Waals surface area contributed by atoms with E-state index in [1.54, 1.807) is 44.2 Å². The van der Waals surface area contributed by atoms with Crippen LogP contribution in [0.25, 0.3) is 0 Å². The number of nitriles is 1. The van der Waals surface area contributed by atoms with Crippen LogP contribution in [0.4, 0.5) is 10.5 Å². The van der Waals surface area contributed by atoms with Crippen molar-refractivity contribution in [2.45, 2.75) is 45.6 Å². The number of anilines is 1. The third-order valence-corrected chi connectivity index (χ3v) is 4.47. The summed E-state index contributed by atoms with van der Waals surface area (Å²) in [6, 6.07) is 10.1. The molecular formula is C21H22N4O3. The number of urea groups is 1. The summed E-state index contributed by atoms with van der Waals surface area (Å²) in [6.45, 7) is 9.40. The molecule has 0 bridgehead atoms. The quantitative estimate of drug-likeness (QED) is 0.818. The van der Waals surface area contributed by atoms with Crippen molar-refractivity contribution in [2.24, 2.45) is 0 Å². The Hall–Kier alpha value is -3.40. The fourth-order valence-corrected chi connectivity index (χ4v) is 2.94. The molecule has 1 saturated heterocycles. The van der Waals surface area contributed by atoms with Gasteiger partial charge in [-0.2, -0.15) is 5.26 Å². The Kier molecular flexibility index (Phi) is 4.59. The SMILES string of the molecule is CC1(C)NC(=O)N(c2ccc(Oc3ccc(C#N)cc3C(C)(C)C)nc2)C1=O. The van der Waals surface area contributed by atoms with Crippen molar-refractivity contribution in [2.75, 3.05) is 4.90 Å². The highest BCUT2D eigenvalue weighted by Crippen LogP contribution is 2.35. The number of aromatic nitrogens is 1. The molecule has 2 aromatic rings. The van der Waals surface area contributed by atoms with E-state index in [1.165, 1.54) is 6.20 Å². The molecule has 0 unspecified atom stereocenters. The first-order valence-electron chi connectivity index (χ1n) is 8.88. The van der Waals surface area contributed by atoms with Crippen molar-refractivity contribution in [1.82, 2.24) is 10.3 Å². The second-order valence-electron chi connectivity index (χ2n) is 8.23. The van der Waals surface area contributed by atoms with Gasteiger partial charge in [-0.3, -0.25) is 4.79 Å². The molecule has 0 aliphatic carbocycles. The van der Waals surface area contributed by atoms with Crippen LogP contribution in [0, 0.1) is 11.3 Å². The number of carbonyl (C=O) groups excluding carboxylic acids is 2. The number of hydrogen-bond donors (Lipinski definition) is 1. The van der Waals surface area contributed by atoms with E-state index in [0.29, 0.717) is 22.9 Å². The van der Waals surface area contributed by atoms with Gasteiger partial charge in [0.15, 0.2) is 0 Å². The third-order valence-electron chi connectivity index (χ3n) is 4.47. The van der Waals surface area contributed by atoms with Gasteiger partial charge in [0.2, 0.25) is 5.88 Å². The van der Waals surface area contributed by atoms with Gasteiger partial charge in [0, 0.05) is 11.6 Å². The molecule has 1 aromatic heterocycles. The molecule has 2 heterocycles. The van der Waals surface area contributed by atoms with E-state index in [4.69, 9.17) is 10.00 Å². The molecule has 1 N–H and O–H groups in total. The van der Waals surface area contributed by atoms with Gasteiger partial charge in [0.1, 0.15) is 11.3 Å². The minimum absolute atomic E-state index is 0.228. The van der Waals surface area contributed by atoms with Gasteiger partial charge < -0.3 is 10.1 Å². The van der Waals surface area contributed by atoms with Crippen molar-refractivity contribution >= 4 is 17.6 Å². The highest BCUT2D eigenvalue weighted by atomic mass is 16.5. The first kappa shape index (κ1) is 19.4. The summed E-state index contributed by atoms with van der Waals surface area (Å²) in [5.41, 5.74) is 0.635. The summed E-state index contributed by atoms with van der Waals surface area (Å²) in [6.07, 6.45) is 1.43. The van der Waals surface area contributed by atoms with Crippen LogP contribution in [0.5, 0.6) is 11.6 Å². The van der Waals surface area contributed by atoms with Gasteiger partial charge in [-0.1, -0.05) is 20.8 Å². The lowest BCUT2D eigenvalue weighted by Gasteiger charge is -2.22. The maximum Gasteiger partial charge on any atom is 0.329 e. The average molecular weight is 378 g/mol. The summed E-state index contributed by atoms with van der Waals surface area (Å²) >= 11 is 0. The highest BCUT2D eigenvalue weighted by Gasteiger charge is 2.45. The summed E-state index contributed by atoms with van der Waals surface area (Å²) in [5.74, 6) is 0.586. The van der Waals surface area contributed by atoms with E-state index < -0.39 is 11.6 Å². The van der Waals surface area contributed by atoms with Crippen LogP contribution in [-0.2, 0) is 10.2 Å². The minimum atomic E-state index is -0.948. The first-order chi connectivity index (χ1) is 13.0. The second kappa shape index (κ2) is 6.64. The van der Waals surface area contributed by atoms with Gasteiger partial charge in [0.25, 0.3) is 5.91 Å². The fourth-order valence-electron chi connectivity index (χ4n) is 2.94. The largest absolute Gasteiger partial charge is 0.439 e. The Morgan fingerprint density at radius 2 is 1.89 bits per heavy atom. The Balaban J connectivity index is 1.88. The van der Waals surface area contributed by atoms with Crippen LogP contribution in [0.15, 0.2) is 36.5 Å². The smallest absolute Gasteiger partial charge is 0.329 e. The number of pyridine rings is 1. The number of carbonyl (C=O) groups is 2. The van der Waals surface area contributed by atoms with Crippen LogP contribution in [0.2, 0.25) is 0 Å². The van der Waals surface area contributed by atoms with Gasteiger partial charge in [-0.25, -0.2) is 14.7 Å². The molecule has 1 aliphatic heterocycles. The van der Waals surface area contributed by atoms with Crippen molar-refractivity contribution in [3.05, 3.63) is 47.7 Å². The number of hydrogen-bond acceptors (Lipinski definition) is 5. The summed E-state index contributed by atoms with van der Waals surface area (Å²) < 4.78 is 5.92. The number of ether oxygens (including phenoxy) is 1. The Morgan fingerprint density at radius 3 is 2.39 bits per heavy atom. The predicted octanol–water partition coefficient (Wildman–Crippen LogP) is 3.88. The number of imide groups is 1. The topological polar surface area (TPSA) is 95.3 Å². The molecule has 0 spiro atoms. The molecule has 144 valence electrons. The Bertz CT molecular complexity index is 982. The van der Waals surface area contributed by atoms with E-state index in [0.717, 1.165) is 10.5 Å². The van der Waals surface area contributed by atoms with Crippen LogP contribution in [-0.4, -0.2) is 22.5 Å². The van der Waals surface area contributed by atoms with E-state index in [2.05, 4.69) is 16.4 Å². The third kappa shape index (κ3) is 3.54. The number of rotatable bonds is 3. The summed E-state index contributed by atoms with van der Waals surface area (Å²) in [5, 5.41) is 11.8. The van der Waals surface area contributed by atoms with Crippen LogP contribution >= 0.6 is 0 Å². The molecular weight excluding hydrogens is 356 g/mol. The van der Waals surface area contributed by atoms with Crippen molar-refractivity contribution in [3.63, 3.8) is 0 Å². The lowest BCUT2D eigenvalue weighted by Crippen LogP contribution is -2.40. The standard InChI is InChI=1S/C21H22N4O3/c1-20(2,3)15-10-13(11-22)6-8-16(15)28-17-9-7-14(12-23-17)25-18(26)21(4,5)24-19(25)27/h6-10,12H,1-5H3,(H,24,27). The van der Waals surface area contributed by atoms with Crippen LogP contribution in [0.3, 0.4) is 0 Å². The van der Waals surface area contributed by atoms with E-state index in [9.17, 15) is 9.59 Å². The van der Waals surface area contributed by atoms with Crippen LogP contribution < -0.4 is 15.0 Å². The molecule has 3 rings (SSSR count). The van der Waals surface area contributed by atoms with Crippen molar-refractivity contribution in [1.29, 1.82) is 5.26 Å². The fraction of sp³-hybridized carbons (Fsp3) is 0.333. The Labute approximate surface area is 163 Å². The number of nitrogens with one attached hydrogen (secondary N) is 1. The zero-order valence-electron chi connectivity index (χ0n) is 16.5. The maximum absolute atomic E-state index is 12.4. The zero-order chi connectivity index (χ0) is 20.7. The number of benzene rings is 1. The van der Waals surface area contributed by atoms with E-state index >= 15 is 0 Å². The highest BCUT2D eigenvalue weighted by molar-refractivity contribution is 6.22. The lowest BCUT2D eigenvalue weighted by molar-refractivity contribution is -0.121. The zero-order valence-corrected chi connectivity index (χ0v) is 16.5. The van der Waals surface area contributed by atoms with Crippen molar-refractivity contribution in [3.8, 4) is 17.7 Å². The molecule has 1 aliphatic rings. The predicted molar refractivity (Wildman–Crippen MR) is 104 cm³/mol. The first-order valence-corrected chi connectivity index (χ1v) is 8.88. The van der Waals surface area contributed by atoms with Gasteiger partial charge in [-0.05, 0) is 43.5 Å². The summed E-state index contributed by atoms with van der Waals surface area (Å²) in [4.78, 5) is 29.8. The molecule has 7 nitrogen and oxygen atoms in total. The molecule has 3 amide bonds. The monoisotopic (exact) mass is 378 g/mol. The van der Waals surface area contributed by atoms with Crippen molar-refractivity contribution < 1.29 is 14.3 Å². The van der Waals surface area contributed by atoms with E-state index in [-0.39, 0.29) is 11.3 Å². The number of amides is 3. The van der Waals surface area contributed by atoms with Gasteiger partial charge in [0.05, 0.1) is 23.5 Å². The minimum Gasteiger partial charge on any atom is -0.439 e.